The molecular weight excluding hydrogens is 244 g/mol. The molecule has 0 fully saturated rings. The van der Waals surface area contributed by atoms with E-state index in [0.29, 0.717) is 0 Å². The minimum absolute atomic E-state index is 1.30. The van der Waals surface area contributed by atoms with Gasteiger partial charge in [-0.15, -0.1) is 23.1 Å². The third-order valence-electron chi connectivity index (χ3n) is 2.80. The van der Waals surface area contributed by atoms with Crippen molar-refractivity contribution in [1.82, 2.24) is 0 Å². The first-order valence-corrected chi connectivity index (χ1v) is 7.54. The molecular formula is C15H12S2. The van der Waals surface area contributed by atoms with Crippen LogP contribution in [0.25, 0.3) is 21.6 Å². The van der Waals surface area contributed by atoms with E-state index in [1.165, 1.54) is 25.8 Å². The highest BCUT2D eigenvalue weighted by atomic mass is 32.2. The molecule has 0 unspecified atom stereocenters. The highest BCUT2D eigenvalue weighted by molar-refractivity contribution is 8.00. The molecule has 3 rings (SSSR count). The van der Waals surface area contributed by atoms with Crippen LogP contribution in [0.5, 0.6) is 0 Å². The van der Waals surface area contributed by atoms with E-state index < -0.39 is 0 Å². The fourth-order valence-electron chi connectivity index (χ4n) is 1.97. The van der Waals surface area contributed by atoms with Crippen molar-refractivity contribution in [2.75, 3.05) is 6.26 Å². The number of hydrogen-bond acceptors (Lipinski definition) is 2. The second kappa shape index (κ2) is 4.55. The SMILES string of the molecule is CSc1sc2cccc-2cc1-c1ccccc1. The van der Waals surface area contributed by atoms with Gasteiger partial charge in [-0.2, -0.15) is 0 Å². The molecule has 1 aliphatic heterocycles. The molecule has 0 amide bonds. The van der Waals surface area contributed by atoms with Crippen LogP contribution in [0, 0.1) is 0 Å². The smallest absolute Gasteiger partial charge is 0.0680 e. The first-order chi connectivity index (χ1) is 8.38. The Morgan fingerprint density at radius 1 is 0.882 bits per heavy atom. The Kier molecular flexibility index (Phi) is 2.91. The van der Waals surface area contributed by atoms with Crippen LogP contribution in [-0.2, 0) is 0 Å². The van der Waals surface area contributed by atoms with Gasteiger partial charge in [0.1, 0.15) is 0 Å². The third-order valence-corrected chi connectivity index (χ3v) is 5.14. The number of benzene rings is 1. The third kappa shape index (κ3) is 1.99. The summed E-state index contributed by atoms with van der Waals surface area (Å²) in [6.07, 6.45) is 2.15. The molecule has 0 nitrogen and oxygen atoms in total. The van der Waals surface area contributed by atoms with Crippen molar-refractivity contribution in [3.05, 3.63) is 54.6 Å². The second-order valence-corrected chi connectivity index (χ2v) is 5.99. The van der Waals surface area contributed by atoms with Crippen molar-refractivity contribution >= 4 is 23.1 Å². The summed E-state index contributed by atoms with van der Waals surface area (Å²) in [5.74, 6) is 0. The Hall–Kier alpha value is -1.25. The van der Waals surface area contributed by atoms with Crippen LogP contribution in [0.1, 0.15) is 0 Å². The van der Waals surface area contributed by atoms with E-state index in [2.05, 4.69) is 60.9 Å². The van der Waals surface area contributed by atoms with Gasteiger partial charge >= 0.3 is 0 Å². The highest BCUT2D eigenvalue weighted by Crippen LogP contribution is 2.41. The summed E-state index contributed by atoms with van der Waals surface area (Å²) >= 11 is 3.70. The average Bonchev–Trinajstić information content (AvgIpc) is 2.85. The summed E-state index contributed by atoms with van der Waals surface area (Å²) in [5, 5.41) is 0. The predicted molar refractivity (Wildman–Crippen MR) is 78.2 cm³/mol. The summed E-state index contributed by atoms with van der Waals surface area (Å²) in [6.45, 7) is 0. The van der Waals surface area contributed by atoms with Gasteiger partial charge in [-0.1, -0.05) is 42.5 Å². The van der Waals surface area contributed by atoms with Gasteiger partial charge < -0.3 is 0 Å². The van der Waals surface area contributed by atoms with Gasteiger partial charge in [0.05, 0.1) is 4.21 Å². The van der Waals surface area contributed by atoms with E-state index in [1.807, 2.05) is 23.1 Å². The highest BCUT2D eigenvalue weighted by Gasteiger charge is 2.11. The molecule has 0 radical (unpaired) electrons. The Balaban J connectivity index is 2.25. The van der Waals surface area contributed by atoms with Crippen LogP contribution in [0.3, 0.4) is 0 Å². The molecule has 0 bridgehead atoms. The molecule has 17 heavy (non-hydrogen) atoms. The standard InChI is InChI=1S/C15H12S2/c1-16-15-13(11-6-3-2-4-7-11)10-12-8-5-9-14(12)17-15/h2-10H,1H3. The Bertz CT molecular complexity index is 596. The normalized spacial score (nSPS) is 10.9. The van der Waals surface area contributed by atoms with Gasteiger partial charge in [-0.05, 0) is 29.5 Å². The summed E-state index contributed by atoms with van der Waals surface area (Å²) < 4.78 is 1.38. The molecule has 1 heterocycles. The fraction of sp³-hybridized carbons (Fsp3) is 0.0667. The monoisotopic (exact) mass is 256 g/mol. The molecule has 0 saturated carbocycles. The van der Waals surface area contributed by atoms with E-state index in [0.717, 1.165) is 0 Å². The zero-order chi connectivity index (χ0) is 11.7. The van der Waals surface area contributed by atoms with Gasteiger partial charge in [0.15, 0.2) is 0 Å². The van der Waals surface area contributed by atoms with Gasteiger partial charge in [0.2, 0.25) is 0 Å². The average molecular weight is 256 g/mol. The van der Waals surface area contributed by atoms with Crippen molar-refractivity contribution in [3.63, 3.8) is 0 Å². The minimum Gasteiger partial charge on any atom is -0.128 e. The van der Waals surface area contributed by atoms with Crippen LogP contribution in [0.15, 0.2) is 58.8 Å². The van der Waals surface area contributed by atoms with Gasteiger partial charge in [-0.25, -0.2) is 0 Å². The van der Waals surface area contributed by atoms with E-state index >= 15 is 0 Å². The van der Waals surface area contributed by atoms with Crippen LogP contribution >= 0.6 is 23.1 Å². The van der Waals surface area contributed by atoms with E-state index in [4.69, 9.17) is 0 Å². The van der Waals surface area contributed by atoms with Crippen LogP contribution in [0.4, 0.5) is 0 Å². The van der Waals surface area contributed by atoms with Crippen LogP contribution in [0.2, 0.25) is 0 Å². The lowest BCUT2D eigenvalue weighted by molar-refractivity contribution is 1.58. The Morgan fingerprint density at radius 2 is 1.65 bits per heavy atom. The molecule has 2 aliphatic rings. The van der Waals surface area contributed by atoms with Crippen molar-refractivity contribution < 1.29 is 0 Å². The molecule has 0 saturated heterocycles. The molecule has 1 aliphatic carbocycles. The van der Waals surface area contributed by atoms with Crippen molar-refractivity contribution in [1.29, 1.82) is 0 Å². The summed E-state index contributed by atoms with van der Waals surface area (Å²) in [6, 6.07) is 19.4. The molecule has 0 atom stereocenters. The molecule has 1 aromatic rings. The lowest BCUT2D eigenvalue weighted by Gasteiger charge is -2.10. The Morgan fingerprint density at radius 3 is 2.41 bits per heavy atom. The van der Waals surface area contributed by atoms with Crippen LogP contribution < -0.4 is 0 Å². The maximum Gasteiger partial charge on any atom is 0.0680 e. The van der Waals surface area contributed by atoms with Crippen molar-refractivity contribution in [2.45, 2.75) is 4.21 Å². The summed E-state index contributed by atoms with van der Waals surface area (Å²) in [4.78, 5) is 1.37. The lowest BCUT2D eigenvalue weighted by Crippen LogP contribution is -1.81. The van der Waals surface area contributed by atoms with E-state index in [9.17, 15) is 0 Å². The topological polar surface area (TPSA) is 0 Å². The number of fused-ring (bicyclic) bond motifs is 1. The first kappa shape index (κ1) is 10.9. The first-order valence-electron chi connectivity index (χ1n) is 5.50. The quantitative estimate of drug-likeness (QED) is 0.565. The molecule has 0 aromatic heterocycles. The lowest BCUT2D eigenvalue weighted by atomic mass is 10.1. The number of thioether (sulfide) groups is 1. The zero-order valence-electron chi connectivity index (χ0n) is 9.51. The largest absolute Gasteiger partial charge is 0.128 e. The zero-order valence-corrected chi connectivity index (χ0v) is 11.1. The maximum absolute atomic E-state index is 2.30. The van der Waals surface area contributed by atoms with E-state index in [1.54, 1.807) is 0 Å². The van der Waals surface area contributed by atoms with Crippen molar-refractivity contribution in [2.24, 2.45) is 0 Å². The van der Waals surface area contributed by atoms with Crippen LogP contribution in [-0.4, -0.2) is 6.26 Å². The Labute approximate surface area is 110 Å². The molecule has 2 heteroatoms. The molecule has 0 spiro atoms. The van der Waals surface area contributed by atoms with E-state index in [-0.39, 0.29) is 0 Å². The molecule has 84 valence electrons. The fourth-order valence-corrected chi connectivity index (χ4v) is 3.85. The minimum atomic E-state index is 1.30. The molecule has 0 N–H and O–H groups in total. The van der Waals surface area contributed by atoms with Crippen molar-refractivity contribution in [3.8, 4) is 21.6 Å². The second-order valence-electron chi connectivity index (χ2n) is 3.86. The predicted octanol–water partition coefficient (Wildman–Crippen LogP) is 5.24. The van der Waals surface area contributed by atoms with Gasteiger partial charge in [0, 0.05) is 10.4 Å². The summed E-state index contributed by atoms with van der Waals surface area (Å²) in [5.41, 5.74) is 3.99. The number of rotatable bonds is 2. The van der Waals surface area contributed by atoms with Gasteiger partial charge in [0.25, 0.3) is 0 Å². The molecule has 1 aromatic carbocycles. The number of hydrogen-bond donors (Lipinski definition) is 0. The summed E-state index contributed by atoms with van der Waals surface area (Å²) in [7, 11) is 0. The van der Waals surface area contributed by atoms with Gasteiger partial charge in [-0.3, -0.25) is 0 Å². The maximum atomic E-state index is 2.30.